The average Bonchev–Trinajstić information content (AvgIpc) is 2.36. The highest BCUT2D eigenvalue weighted by atomic mass is 79.9. The van der Waals surface area contributed by atoms with Crippen molar-refractivity contribution in [2.24, 2.45) is 0 Å². The Bertz CT molecular complexity index is 765. The van der Waals surface area contributed by atoms with Gasteiger partial charge in [0.2, 0.25) is 0 Å². The van der Waals surface area contributed by atoms with Gasteiger partial charge < -0.3 is 0 Å². The second-order valence-electron chi connectivity index (χ2n) is 4.12. The van der Waals surface area contributed by atoms with E-state index in [0.717, 1.165) is 6.07 Å². The van der Waals surface area contributed by atoms with Crippen molar-refractivity contribution in [2.75, 3.05) is 4.72 Å². The molecule has 2 rings (SSSR count). The molecule has 0 aliphatic carbocycles. The number of benzene rings is 2. The second kappa shape index (κ2) is 5.71. The molecule has 0 saturated heterocycles. The molecule has 0 saturated carbocycles. The third-order valence-electron chi connectivity index (χ3n) is 2.62. The lowest BCUT2D eigenvalue weighted by molar-refractivity contribution is 0.600. The quantitative estimate of drug-likeness (QED) is 0.863. The molecule has 0 fully saturated rings. The van der Waals surface area contributed by atoms with Crippen molar-refractivity contribution < 1.29 is 12.8 Å². The predicted octanol–water partition coefficient (Wildman–Crippen LogP) is 4.35. The van der Waals surface area contributed by atoms with E-state index in [9.17, 15) is 12.8 Å². The maximum absolute atomic E-state index is 13.3. The lowest BCUT2D eigenvalue weighted by Gasteiger charge is -2.12. The van der Waals surface area contributed by atoms with E-state index < -0.39 is 15.8 Å². The highest BCUT2D eigenvalue weighted by Crippen LogP contribution is 2.29. The van der Waals surface area contributed by atoms with Crippen LogP contribution in [0.1, 0.15) is 5.56 Å². The van der Waals surface area contributed by atoms with Gasteiger partial charge in [0.1, 0.15) is 10.7 Å². The minimum Gasteiger partial charge on any atom is -0.278 e. The van der Waals surface area contributed by atoms with E-state index in [2.05, 4.69) is 20.7 Å². The Labute approximate surface area is 130 Å². The first-order valence-corrected chi connectivity index (χ1v) is 8.19. The molecule has 0 aliphatic heterocycles. The van der Waals surface area contributed by atoms with E-state index in [-0.39, 0.29) is 15.6 Å². The van der Waals surface area contributed by atoms with Crippen LogP contribution in [0.25, 0.3) is 0 Å². The SMILES string of the molecule is Cc1cc(NS(=O)(=O)c2ccccc2Br)c(Cl)cc1F. The lowest BCUT2D eigenvalue weighted by atomic mass is 10.2. The number of halogens is 3. The third-order valence-corrected chi connectivity index (χ3v) is 5.31. The van der Waals surface area contributed by atoms with Gasteiger partial charge in [-0.2, -0.15) is 0 Å². The Hall–Kier alpha value is -1.11. The Balaban J connectivity index is 2.44. The first-order valence-electron chi connectivity index (χ1n) is 5.54. The maximum atomic E-state index is 13.3. The van der Waals surface area contributed by atoms with Crippen LogP contribution in [0.15, 0.2) is 45.8 Å². The van der Waals surface area contributed by atoms with Gasteiger partial charge >= 0.3 is 0 Å². The summed E-state index contributed by atoms with van der Waals surface area (Å²) in [6, 6.07) is 8.82. The van der Waals surface area contributed by atoms with Gasteiger partial charge in [0.15, 0.2) is 0 Å². The van der Waals surface area contributed by atoms with Gasteiger partial charge in [0.05, 0.1) is 10.7 Å². The number of aryl methyl sites for hydroxylation is 1. The van der Waals surface area contributed by atoms with Gasteiger partial charge in [-0.1, -0.05) is 23.7 Å². The molecule has 0 radical (unpaired) electrons. The summed E-state index contributed by atoms with van der Waals surface area (Å²) in [5, 5.41) is 0.00345. The predicted molar refractivity (Wildman–Crippen MR) is 81.1 cm³/mol. The zero-order valence-electron chi connectivity index (χ0n) is 10.3. The van der Waals surface area contributed by atoms with E-state index in [1.54, 1.807) is 18.2 Å². The largest absolute Gasteiger partial charge is 0.278 e. The zero-order valence-corrected chi connectivity index (χ0v) is 13.5. The molecule has 7 heteroatoms. The molecule has 2 aromatic carbocycles. The van der Waals surface area contributed by atoms with Crippen molar-refractivity contribution in [3.8, 4) is 0 Å². The van der Waals surface area contributed by atoms with Crippen molar-refractivity contribution in [2.45, 2.75) is 11.8 Å². The monoisotopic (exact) mass is 377 g/mol. The Morgan fingerprint density at radius 3 is 2.55 bits per heavy atom. The van der Waals surface area contributed by atoms with E-state index in [1.807, 2.05) is 0 Å². The van der Waals surface area contributed by atoms with Crippen LogP contribution in [0, 0.1) is 12.7 Å². The minimum atomic E-state index is -3.80. The first kappa shape index (κ1) is 15.3. The summed E-state index contributed by atoms with van der Waals surface area (Å²) < 4.78 is 40.7. The molecule has 0 atom stereocenters. The topological polar surface area (TPSA) is 46.2 Å². The third kappa shape index (κ3) is 3.13. The van der Waals surface area contributed by atoms with E-state index in [4.69, 9.17) is 11.6 Å². The van der Waals surface area contributed by atoms with Gasteiger partial charge in [-0.15, -0.1) is 0 Å². The summed E-state index contributed by atoms with van der Waals surface area (Å²) in [5.41, 5.74) is 0.445. The molecule has 106 valence electrons. The Morgan fingerprint density at radius 1 is 1.25 bits per heavy atom. The number of nitrogens with one attached hydrogen (secondary N) is 1. The number of rotatable bonds is 3. The van der Waals surface area contributed by atoms with Crippen LogP contribution in [-0.4, -0.2) is 8.42 Å². The Kier molecular flexibility index (Phi) is 4.36. The van der Waals surface area contributed by atoms with Crippen molar-refractivity contribution in [3.63, 3.8) is 0 Å². The molecular formula is C13H10BrClFNO2S. The molecule has 2 aromatic rings. The van der Waals surface area contributed by atoms with Crippen molar-refractivity contribution >= 4 is 43.2 Å². The molecule has 0 unspecified atom stereocenters. The smallest absolute Gasteiger partial charge is 0.263 e. The Morgan fingerprint density at radius 2 is 1.90 bits per heavy atom. The minimum absolute atomic E-state index is 0.00345. The molecule has 0 amide bonds. The fraction of sp³-hybridized carbons (Fsp3) is 0.0769. The molecule has 3 nitrogen and oxygen atoms in total. The summed E-state index contributed by atoms with van der Waals surface area (Å²) in [4.78, 5) is 0.0815. The van der Waals surface area contributed by atoms with Gasteiger partial charge in [-0.25, -0.2) is 12.8 Å². The van der Waals surface area contributed by atoms with Gasteiger partial charge in [0, 0.05) is 4.47 Å². The van der Waals surface area contributed by atoms with Gasteiger partial charge in [-0.3, -0.25) is 4.72 Å². The molecule has 0 aromatic heterocycles. The van der Waals surface area contributed by atoms with Crippen molar-refractivity contribution in [3.05, 3.63) is 57.3 Å². The van der Waals surface area contributed by atoms with Crippen LogP contribution < -0.4 is 4.72 Å². The number of anilines is 1. The molecule has 20 heavy (non-hydrogen) atoms. The highest BCUT2D eigenvalue weighted by Gasteiger charge is 2.19. The molecule has 1 N–H and O–H groups in total. The molecule has 0 heterocycles. The molecular weight excluding hydrogens is 369 g/mol. The molecule has 0 aliphatic rings. The van der Waals surface area contributed by atoms with Crippen LogP contribution in [0.3, 0.4) is 0 Å². The second-order valence-corrected chi connectivity index (χ2v) is 7.03. The molecule has 0 spiro atoms. The summed E-state index contributed by atoms with van der Waals surface area (Å²) in [6.45, 7) is 1.53. The number of hydrogen-bond donors (Lipinski definition) is 1. The van der Waals surface area contributed by atoms with Crippen LogP contribution in [0.4, 0.5) is 10.1 Å². The van der Waals surface area contributed by atoms with Crippen LogP contribution in [0.5, 0.6) is 0 Å². The molecule has 0 bridgehead atoms. The van der Waals surface area contributed by atoms with Gasteiger partial charge in [0.25, 0.3) is 10.0 Å². The number of sulfonamides is 1. The van der Waals surface area contributed by atoms with Crippen molar-refractivity contribution in [1.29, 1.82) is 0 Å². The standard InChI is InChI=1S/C13H10BrClFNO2S/c1-8-6-12(10(15)7-11(8)16)17-20(18,19)13-5-3-2-4-9(13)14/h2-7,17H,1H3. The van der Waals surface area contributed by atoms with E-state index >= 15 is 0 Å². The summed E-state index contributed by atoms with van der Waals surface area (Å²) in [6.07, 6.45) is 0. The van der Waals surface area contributed by atoms with Crippen LogP contribution in [0.2, 0.25) is 5.02 Å². The zero-order chi connectivity index (χ0) is 14.9. The fourth-order valence-corrected chi connectivity index (χ4v) is 3.93. The summed E-state index contributed by atoms with van der Waals surface area (Å²) in [7, 11) is -3.80. The van der Waals surface area contributed by atoms with Crippen LogP contribution >= 0.6 is 27.5 Å². The van der Waals surface area contributed by atoms with E-state index in [1.165, 1.54) is 19.1 Å². The lowest BCUT2D eigenvalue weighted by Crippen LogP contribution is -2.14. The normalized spacial score (nSPS) is 11.4. The van der Waals surface area contributed by atoms with E-state index in [0.29, 0.717) is 10.0 Å². The average molecular weight is 379 g/mol. The first-order chi connectivity index (χ1) is 9.31. The fourth-order valence-electron chi connectivity index (χ4n) is 1.60. The van der Waals surface area contributed by atoms with Crippen LogP contribution in [-0.2, 0) is 10.0 Å². The summed E-state index contributed by atoms with van der Waals surface area (Å²) in [5.74, 6) is -0.487. The number of hydrogen-bond acceptors (Lipinski definition) is 2. The maximum Gasteiger partial charge on any atom is 0.263 e. The van der Waals surface area contributed by atoms with Gasteiger partial charge in [-0.05, 0) is 52.7 Å². The van der Waals surface area contributed by atoms with Crippen molar-refractivity contribution in [1.82, 2.24) is 0 Å². The summed E-state index contributed by atoms with van der Waals surface area (Å²) >= 11 is 9.03. The highest BCUT2D eigenvalue weighted by molar-refractivity contribution is 9.10.